The Hall–Kier alpha value is -0.0600. The van der Waals surface area contributed by atoms with E-state index >= 15 is 0 Å². The summed E-state index contributed by atoms with van der Waals surface area (Å²) < 4.78 is 0. The average Bonchev–Trinajstić information content (AvgIpc) is 2.66. The van der Waals surface area contributed by atoms with Gasteiger partial charge in [-0.2, -0.15) is 11.8 Å². The summed E-state index contributed by atoms with van der Waals surface area (Å²) in [5, 5.41) is 5.36. The number of hydrogen-bond acceptors (Lipinski definition) is 4. The second-order valence-electron chi connectivity index (χ2n) is 5.77. The van der Waals surface area contributed by atoms with E-state index in [0.717, 1.165) is 18.8 Å². The zero-order chi connectivity index (χ0) is 13.8. The Morgan fingerprint density at radius 2 is 2.00 bits per heavy atom. The maximum absolute atomic E-state index is 4.86. The number of thioether (sulfide) groups is 1. The molecule has 0 bridgehead atoms. The molecular weight excluding hydrogens is 260 g/mol. The van der Waals surface area contributed by atoms with Crippen molar-refractivity contribution < 1.29 is 0 Å². The fraction of sp³-hybridized carbons (Fsp3) is 0.786. The Bertz CT molecular complexity index is 364. The standard InChI is InChI=1S/C14H26N2S2/c1-7-15-8-11-13(14(4,5)6)16-12(18-11)9-17-10(2)3/h10,15H,7-9H2,1-6H3. The van der Waals surface area contributed by atoms with E-state index in [1.807, 2.05) is 23.1 Å². The second-order valence-corrected chi connectivity index (χ2v) is 8.50. The van der Waals surface area contributed by atoms with Crippen LogP contribution in [0.15, 0.2) is 0 Å². The highest BCUT2D eigenvalue weighted by molar-refractivity contribution is 7.99. The van der Waals surface area contributed by atoms with E-state index in [9.17, 15) is 0 Å². The summed E-state index contributed by atoms with van der Waals surface area (Å²) in [7, 11) is 0. The predicted molar refractivity (Wildman–Crippen MR) is 84.6 cm³/mol. The summed E-state index contributed by atoms with van der Waals surface area (Å²) in [6.07, 6.45) is 0. The lowest BCUT2D eigenvalue weighted by molar-refractivity contribution is 0.560. The molecule has 0 radical (unpaired) electrons. The molecule has 0 aliphatic rings. The largest absolute Gasteiger partial charge is 0.312 e. The molecule has 0 saturated carbocycles. The highest BCUT2D eigenvalue weighted by Crippen LogP contribution is 2.31. The summed E-state index contributed by atoms with van der Waals surface area (Å²) in [5.74, 6) is 1.04. The lowest BCUT2D eigenvalue weighted by Crippen LogP contribution is -2.18. The van der Waals surface area contributed by atoms with Crippen LogP contribution in [0.1, 0.15) is 57.1 Å². The Morgan fingerprint density at radius 3 is 2.50 bits per heavy atom. The maximum atomic E-state index is 4.86. The lowest BCUT2D eigenvalue weighted by Gasteiger charge is -2.17. The van der Waals surface area contributed by atoms with Gasteiger partial charge in [0.15, 0.2) is 0 Å². The molecule has 0 spiro atoms. The number of aromatic nitrogens is 1. The summed E-state index contributed by atoms with van der Waals surface area (Å²) in [5.41, 5.74) is 1.41. The van der Waals surface area contributed by atoms with Crippen molar-refractivity contribution in [3.05, 3.63) is 15.6 Å². The third-order valence-electron chi connectivity index (χ3n) is 2.53. The zero-order valence-electron chi connectivity index (χ0n) is 12.5. The summed E-state index contributed by atoms with van der Waals surface area (Å²) in [4.78, 5) is 6.27. The van der Waals surface area contributed by atoms with Gasteiger partial charge in [0.05, 0.1) is 5.69 Å². The van der Waals surface area contributed by atoms with E-state index in [2.05, 4.69) is 46.9 Å². The van der Waals surface area contributed by atoms with Gasteiger partial charge in [0.25, 0.3) is 0 Å². The number of nitrogens with zero attached hydrogens (tertiary/aromatic N) is 1. The van der Waals surface area contributed by atoms with E-state index in [0.29, 0.717) is 5.25 Å². The second kappa shape index (κ2) is 6.92. The van der Waals surface area contributed by atoms with Crippen molar-refractivity contribution in [2.24, 2.45) is 0 Å². The lowest BCUT2D eigenvalue weighted by atomic mass is 9.91. The molecule has 1 rings (SSSR count). The first kappa shape index (κ1) is 16.0. The third-order valence-corrected chi connectivity index (χ3v) is 4.87. The van der Waals surface area contributed by atoms with Crippen LogP contribution in [0, 0.1) is 0 Å². The van der Waals surface area contributed by atoms with E-state index in [-0.39, 0.29) is 5.41 Å². The highest BCUT2D eigenvalue weighted by atomic mass is 32.2. The van der Waals surface area contributed by atoms with Crippen molar-refractivity contribution in [1.82, 2.24) is 10.3 Å². The molecule has 0 atom stereocenters. The average molecular weight is 287 g/mol. The third kappa shape index (κ3) is 4.90. The summed E-state index contributed by atoms with van der Waals surface area (Å²) in [6, 6.07) is 0. The molecule has 1 aromatic heterocycles. The predicted octanol–water partition coefficient (Wildman–Crippen LogP) is 4.19. The molecule has 1 N–H and O–H groups in total. The first-order chi connectivity index (χ1) is 8.34. The monoisotopic (exact) mass is 286 g/mol. The molecule has 1 heterocycles. The molecule has 18 heavy (non-hydrogen) atoms. The van der Waals surface area contributed by atoms with Crippen molar-refractivity contribution in [3.8, 4) is 0 Å². The first-order valence-corrected chi connectivity index (χ1v) is 8.52. The molecule has 2 nitrogen and oxygen atoms in total. The van der Waals surface area contributed by atoms with Crippen LogP contribution < -0.4 is 5.32 Å². The molecule has 0 aliphatic carbocycles. The molecule has 104 valence electrons. The fourth-order valence-electron chi connectivity index (χ4n) is 1.64. The minimum Gasteiger partial charge on any atom is -0.312 e. The van der Waals surface area contributed by atoms with Crippen LogP contribution in [-0.4, -0.2) is 16.8 Å². The van der Waals surface area contributed by atoms with Gasteiger partial charge in [-0.15, -0.1) is 11.3 Å². The SMILES string of the molecule is CCNCc1sc(CSC(C)C)nc1C(C)(C)C. The van der Waals surface area contributed by atoms with Crippen molar-refractivity contribution in [2.45, 2.75) is 64.5 Å². The van der Waals surface area contributed by atoms with Crippen LogP contribution in [0.3, 0.4) is 0 Å². The van der Waals surface area contributed by atoms with E-state index in [4.69, 9.17) is 4.98 Å². The van der Waals surface area contributed by atoms with Gasteiger partial charge in [-0.05, 0) is 11.8 Å². The maximum Gasteiger partial charge on any atom is 0.103 e. The minimum absolute atomic E-state index is 0.141. The van der Waals surface area contributed by atoms with Crippen molar-refractivity contribution in [2.75, 3.05) is 6.54 Å². The Labute approximate surface area is 120 Å². The molecule has 0 amide bonds. The molecular formula is C14H26N2S2. The van der Waals surface area contributed by atoms with Crippen LogP contribution in [0.5, 0.6) is 0 Å². The van der Waals surface area contributed by atoms with Gasteiger partial charge in [-0.3, -0.25) is 0 Å². The number of thiazole rings is 1. The van der Waals surface area contributed by atoms with Crippen molar-refractivity contribution in [3.63, 3.8) is 0 Å². The number of hydrogen-bond donors (Lipinski definition) is 1. The smallest absolute Gasteiger partial charge is 0.103 e. The molecule has 0 aliphatic heterocycles. The van der Waals surface area contributed by atoms with Crippen LogP contribution >= 0.6 is 23.1 Å². The molecule has 4 heteroatoms. The first-order valence-electron chi connectivity index (χ1n) is 6.66. The fourth-order valence-corrected chi connectivity index (χ4v) is 3.67. The molecule has 0 saturated heterocycles. The van der Waals surface area contributed by atoms with E-state index in [1.165, 1.54) is 15.6 Å². The number of rotatable bonds is 6. The van der Waals surface area contributed by atoms with Gasteiger partial charge >= 0.3 is 0 Å². The number of nitrogens with one attached hydrogen (secondary N) is 1. The zero-order valence-corrected chi connectivity index (χ0v) is 14.1. The quantitative estimate of drug-likeness (QED) is 0.848. The molecule has 0 fully saturated rings. The minimum atomic E-state index is 0.141. The van der Waals surface area contributed by atoms with Gasteiger partial charge < -0.3 is 5.32 Å². The van der Waals surface area contributed by atoms with Crippen LogP contribution in [0.4, 0.5) is 0 Å². The van der Waals surface area contributed by atoms with Gasteiger partial charge in [-0.25, -0.2) is 4.98 Å². The van der Waals surface area contributed by atoms with Crippen LogP contribution in [-0.2, 0) is 17.7 Å². The molecule has 1 aromatic rings. The molecule has 0 aromatic carbocycles. The highest BCUT2D eigenvalue weighted by Gasteiger charge is 2.22. The normalized spacial score (nSPS) is 12.4. The summed E-state index contributed by atoms with van der Waals surface area (Å²) >= 11 is 3.84. The molecule has 0 unspecified atom stereocenters. The van der Waals surface area contributed by atoms with Gasteiger partial charge in [0.2, 0.25) is 0 Å². The van der Waals surface area contributed by atoms with Crippen molar-refractivity contribution >= 4 is 23.1 Å². The van der Waals surface area contributed by atoms with Gasteiger partial charge in [0.1, 0.15) is 5.01 Å². The Balaban J connectivity index is 2.85. The van der Waals surface area contributed by atoms with Crippen LogP contribution in [0.25, 0.3) is 0 Å². The summed E-state index contributed by atoms with van der Waals surface area (Å²) in [6.45, 7) is 15.3. The topological polar surface area (TPSA) is 24.9 Å². The Kier molecular flexibility index (Phi) is 6.15. The van der Waals surface area contributed by atoms with Gasteiger partial charge in [0, 0.05) is 22.6 Å². The van der Waals surface area contributed by atoms with Crippen molar-refractivity contribution in [1.29, 1.82) is 0 Å². The van der Waals surface area contributed by atoms with E-state index < -0.39 is 0 Å². The van der Waals surface area contributed by atoms with Crippen LogP contribution in [0.2, 0.25) is 0 Å². The van der Waals surface area contributed by atoms with Gasteiger partial charge in [-0.1, -0.05) is 41.5 Å². The van der Waals surface area contributed by atoms with E-state index in [1.54, 1.807) is 0 Å². The Morgan fingerprint density at radius 1 is 1.33 bits per heavy atom.